The number of benzene rings is 1. The minimum absolute atomic E-state index is 0.0353. The van der Waals surface area contributed by atoms with Crippen LogP contribution in [0.15, 0.2) is 24.5 Å². The Bertz CT molecular complexity index is 465. The van der Waals surface area contributed by atoms with Gasteiger partial charge >= 0.3 is 0 Å². The van der Waals surface area contributed by atoms with Gasteiger partial charge in [-0.3, -0.25) is 10.9 Å². The van der Waals surface area contributed by atoms with E-state index in [0.717, 1.165) is 0 Å². The van der Waals surface area contributed by atoms with Crippen molar-refractivity contribution in [3.8, 4) is 0 Å². The molecule has 1 aromatic heterocycles. The first-order valence-electron chi connectivity index (χ1n) is 4.96. The fourth-order valence-electron chi connectivity index (χ4n) is 1.55. The van der Waals surface area contributed by atoms with Crippen LogP contribution in [0.5, 0.6) is 0 Å². The summed E-state index contributed by atoms with van der Waals surface area (Å²) in [5.74, 6) is 4.54. The zero-order valence-electron chi connectivity index (χ0n) is 8.82. The van der Waals surface area contributed by atoms with Gasteiger partial charge in [0.2, 0.25) is 0 Å². The Morgan fingerprint density at radius 2 is 2.06 bits per heavy atom. The van der Waals surface area contributed by atoms with Gasteiger partial charge in [-0.05, 0) is 12.1 Å². The maximum atomic E-state index is 13.4. The zero-order valence-corrected chi connectivity index (χ0v) is 8.82. The molecule has 5 nitrogen and oxygen atoms in total. The molecule has 0 saturated heterocycles. The SMILES string of the molecule is NNC(Cc1c(F)cccc1F)c1ncn[nH]1. The average Bonchev–Trinajstić information content (AvgIpc) is 2.82. The van der Waals surface area contributed by atoms with Crippen LogP contribution in [-0.4, -0.2) is 15.2 Å². The number of H-pyrrole nitrogens is 1. The van der Waals surface area contributed by atoms with Crippen LogP contribution in [0, 0.1) is 11.6 Å². The number of nitrogens with zero attached hydrogens (tertiary/aromatic N) is 2. The van der Waals surface area contributed by atoms with Crippen molar-refractivity contribution in [2.45, 2.75) is 12.5 Å². The molecule has 2 aromatic rings. The number of nitrogens with two attached hydrogens (primary N) is 1. The van der Waals surface area contributed by atoms with Crippen LogP contribution in [0.1, 0.15) is 17.4 Å². The Hall–Kier alpha value is -1.86. The molecular formula is C10H11F2N5. The third kappa shape index (κ3) is 2.45. The number of halogens is 2. The highest BCUT2D eigenvalue weighted by Crippen LogP contribution is 2.19. The predicted octanol–water partition coefficient (Wildman–Crippen LogP) is 0.830. The maximum Gasteiger partial charge on any atom is 0.143 e. The highest BCUT2D eigenvalue weighted by molar-refractivity contribution is 5.21. The second-order valence-corrected chi connectivity index (χ2v) is 3.49. The minimum atomic E-state index is -0.607. The second-order valence-electron chi connectivity index (χ2n) is 3.49. The van der Waals surface area contributed by atoms with E-state index < -0.39 is 17.7 Å². The van der Waals surface area contributed by atoms with Crippen LogP contribution >= 0.6 is 0 Å². The average molecular weight is 239 g/mol. The van der Waals surface area contributed by atoms with Gasteiger partial charge in [0, 0.05) is 12.0 Å². The van der Waals surface area contributed by atoms with E-state index in [1.54, 1.807) is 0 Å². The van der Waals surface area contributed by atoms with Crippen LogP contribution in [0.4, 0.5) is 8.78 Å². The van der Waals surface area contributed by atoms with Gasteiger partial charge in [0.25, 0.3) is 0 Å². The molecule has 7 heteroatoms. The van der Waals surface area contributed by atoms with Crippen molar-refractivity contribution in [3.05, 3.63) is 47.5 Å². The van der Waals surface area contributed by atoms with Crippen molar-refractivity contribution < 1.29 is 8.78 Å². The lowest BCUT2D eigenvalue weighted by atomic mass is 10.0. The fourth-order valence-corrected chi connectivity index (χ4v) is 1.55. The fraction of sp³-hybridized carbons (Fsp3) is 0.200. The summed E-state index contributed by atoms with van der Waals surface area (Å²) >= 11 is 0. The van der Waals surface area contributed by atoms with Gasteiger partial charge in [-0.1, -0.05) is 6.07 Å². The quantitative estimate of drug-likeness (QED) is 0.545. The monoisotopic (exact) mass is 239 g/mol. The molecule has 1 unspecified atom stereocenters. The van der Waals surface area contributed by atoms with E-state index in [4.69, 9.17) is 5.84 Å². The molecule has 0 radical (unpaired) electrons. The van der Waals surface area contributed by atoms with Crippen molar-refractivity contribution >= 4 is 0 Å². The first-order valence-corrected chi connectivity index (χ1v) is 4.96. The smallest absolute Gasteiger partial charge is 0.143 e. The third-order valence-electron chi connectivity index (χ3n) is 2.43. The van der Waals surface area contributed by atoms with Crippen molar-refractivity contribution in [2.75, 3.05) is 0 Å². The van der Waals surface area contributed by atoms with Crippen molar-refractivity contribution in [2.24, 2.45) is 5.84 Å². The molecule has 0 aliphatic rings. The van der Waals surface area contributed by atoms with E-state index in [1.165, 1.54) is 24.5 Å². The van der Waals surface area contributed by atoms with Crippen molar-refractivity contribution in [3.63, 3.8) is 0 Å². The van der Waals surface area contributed by atoms with E-state index >= 15 is 0 Å². The molecule has 17 heavy (non-hydrogen) atoms. The summed E-state index contributed by atoms with van der Waals surface area (Å²) < 4.78 is 26.9. The summed E-state index contributed by atoms with van der Waals surface area (Å²) in [7, 11) is 0. The molecule has 0 spiro atoms. The second kappa shape index (κ2) is 4.98. The molecule has 0 fully saturated rings. The van der Waals surface area contributed by atoms with Crippen LogP contribution in [0.25, 0.3) is 0 Å². The molecule has 90 valence electrons. The topological polar surface area (TPSA) is 79.6 Å². The van der Waals surface area contributed by atoms with Gasteiger partial charge in [0.1, 0.15) is 23.8 Å². The summed E-state index contributed by atoms with van der Waals surface area (Å²) in [6.45, 7) is 0. The van der Waals surface area contributed by atoms with Crippen LogP contribution in [-0.2, 0) is 6.42 Å². The molecule has 1 atom stereocenters. The molecule has 1 aromatic carbocycles. The van der Waals surface area contributed by atoms with Crippen LogP contribution in [0.2, 0.25) is 0 Å². The number of hydrogen-bond acceptors (Lipinski definition) is 4. The third-order valence-corrected chi connectivity index (χ3v) is 2.43. The van der Waals surface area contributed by atoms with Gasteiger partial charge < -0.3 is 0 Å². The Morgan fingerprint density at radius 1 is 1.35 bits per heavy atom. The highest BCUT2D eigenvalue weighted by Gasteiger charge is 2.18. The van der Waals surface area contributed by atoms with Gasteiger partial charge in [-0.15, -0.1) is 0 Å². The standard InChI is InChI=1S/C10H11F2N5/c11-7-2-1-3-8(12)6(7)4-9(16-13)10-14-5-15-17-10/h1-3,5,9,16H,4,13H2,(H,14,15,17). The van der Waals surface area contributed by atoms with E-state index in [-0.39, 0.29) is 12.0 Å². The van der Waals surface area contributed by atoms with Crippen molar-refractivity contribution in [1.29, 1.82) is 0 Å². The molecule has 4 N–H and O–H groups in total. The first-order chi connectivity index (χ1) is 8.22. The van der Waals surface area contributed by atoms with Crippen LogP contribution < -0.4 is 11.3 Å². The molecule has 2 rings (SSSR count). The number of hydrogen-bond donors (Lipinski definition) is 3. The summed E-state index contributed by atoms with van der Waals surface area (Å²) in [5, 5.41) is 6.26. The van der Waals surface area contributed by atoms with Gasteiger partial charge in [0.15, 0.2) is 0 Å². The summed E-state index contributed by atoms with van der Waals surface area (Å²) in [6, 6.07) is 3.19. The number of aromatic nitrogens is 3. The lowest BCUT2D eigenvalue weighted by Crippen LogP contribution is -2.31. The molecular weight excluding hydrogens is 228 g/mol. The Labute approximate surface area is 96.0 Å². The van der Waals surface area contributed by atoms with E-state index in [1.807, 2.05) is 0 Å². The summed E-state index contributed by atoms with van der Waals surface area (Å²) in [5.41, 5.74) is 2.40. The lowest BCUT2D eigenvalue weighted by molar-refractivity contribution is 0.485. The Kier molecular flexibility index (Phi) is 3.40. The van der Waals surface area contributed by atoms with E-state index in [9.17, 15) is 8.78 Å². The minimum Gasteiger partial charge on any atom is -0.271 e. The van der Waals surface area contributed by atoms with Gasteiger partial charge in [-0.25, -0.2) is 19.2 Å². The predicted molar refractivity (Wildman–Crippen MR) is 56.5 cm³/mol. The number of nitrogens with one attached hydrogen (secondary N) is 2. The largest absolute Gasteiger partial charge is 0.271 e. The maximum absolute atomic E-state index is 13.4. The summed E-state index contributed by atoms with van der Waals surface area (Å²) in [4.78, 5) is 3.89. The van der Waals surface area contributed by atoms with Gasteiger partial charge in [0.05, 0.1) is 6.04 Å². The zero-order chi connectivity index (χ0) is 12.3. The molecule has 0 amide bonds. The lowest BCUT2D eigenvalue weighted by Gasteiger charge is -2.13. The van der Waals surface area contributed by atoms with Crippen LogP contribution in [0.3, 0.4) is 0 Å². The van der Waals surface area contributed by atoms with Gasteiger partial charge in [-0.2, -0.15) is 5.10 Å². The Morgan fingerprint density at radius 3 is 2.59 bits per heavy atom. The first kappa shape index (κ1) is 11.6. The number of hydrazine groups is 1. The molecule has 1 heterocycles. The molecule has 0 aliphatic carbocycles. The highest BCUT2D eigenvalue weighted by atomic mass is 19.1. The molecule has 0 aliphatic heterocycles. The van der Waals surface area contributed by atoms with E-state index in [2.05, 4.69) is 20.6 Å². The molecule has 0 saturated carbocycles. The van der Waals surface area contributed by atoms with Crippen molar-refractivity contribution in [1.82, 2.24) is 20.6 Å². The molecule has 0 bridgehead atoms. The number of rotatable bonds is 4. The Balaban J connectivity index is 2.25. The summed E-state index contributed by atoms with van der Waals surface area (Å²) in [6.07, 6.45) is 1.35. The number of aromatic amines is 1. The van der Waals surface area contributed by atoms with E-state index in [0.29, 0.717) is 5.82 Å². The normalized spacial score (nSPS) is 12.6.